The SMILES string of the molecule is C.N.N#CS. The van der Waals surface area contributed by atoms with E-state index in [1.54, 1.807) is 0 Å². The molecule has 0 saturated heterocycles. The first-order valence-electron chi connectivity index (χ1n) is 0.447. The lowest BCUT2D eigenvalue weighted by molar-refractivity contribution is 1.57. The molecule has 3 N–H and O–H groups in total. The molecule has 0 saturated carbocycles. The lowest BCUT2D eigenvalue weighted by Crippen LogP contribution is -0.961. The number of nitrogens with zero attached hydrogens (tertiary/aromatic N) is 1. The van der Waals surface area contributed by atoms with E-state index in [0.29, 0.717) is 0 Å². The first kappa shape index (κ1) is 21.4. The van der Waals surface area contributed by atoms with E-state index in [2.05, 4.69) is 12.6 Å². The highest BCUT2D eigenvalue weighted by Crippen LogP contribution is 1.46. The third kappa shape index (κ3) is 308. The van der Waals surface area contributed by atoms with Gasteiger partial charge in [-0.05, 0) is 0 Å². The minimum absolute atomic E-state index is 0. The van der Waals surface area contributed by atoms with Crippen LogP contribution >= 0.6 is 12.6 Å². The highest BCUT2D eigenvalue weighted by Gasteiger charge is 1.18. The zero-order valence-electron chi connectivity index (χ0n) is 2.10. The Labute approximate surface area is 37.8 Å². The van der Waals surface area contributed by atoms with Crippen LogP contribution in [-0.2, 0) is 0 Å². The predicted molar refractivity (Wildman–Crippen MR) is 26.4 cm³/mol. The summed E-state index contributed by atoms with van der Waals surface area (Å²) in [6, 6.07) is 0. The van der Waals surface area contributed by atoms with Crippen molar-refractivity contribution in [2.75, 3.05) is 0 Å². The summed E-state index contributed by atoms with van der Waals surface area (Å²) in [7, 11) is 0. The van der Waals surface area contributed by atoms with Gasteiger partial charge in [-0.3, -0.25) is 0 Å². The second-order valence-electron chi connectivity index (χ2n) is 0.100. The Kier molecular flexibility index (Phi) is 199. The van der Waals surface area contributed by atoms with Gasteiger partial charge in [-0.25, -0.2) is 0 Å². The van der Waals surface area contributed by atoms with Gasteiger partial charge in [0, 0.05) is 0 Å². The number of thiocyanates is 1. The van der Waals surface area contributed by atoms with Gasteiger partial charge in [0.15, 0.2) is 0 Å². The van der Waals surface area contributed by atoms with Gasteiger partial charge < -0.3 is 6.15 Å². The Bertz CT molecular complexity index is 29.1. The fourth-order valence-corrected chi connectivity index (χ4v) is 0. The molecule has 0 amide bonds. The Morgan fingerprint density at radius 3 is 1.60 bits per heavy atom. The fraction of sp³-hybridized carbons (Fsp3) is 0.500. The maximum absolute atomic E-state index is 7.18. The molecule has 0 rings (SSSR count). The topological polar surface area (TPSA) is 58.8 Å². The minimum atomic E-state index is 0. The third-order valence-corrected chi connectivity index (χ3v) is 0. The summed E-state index contributed by atoms with van der Waals surface area (Å²) >= 11 is 3.09. The normalized spacial score (nSPS) is 1.60. The van der Waals surface area contributed by atoms with E-state index >= 15 is 0 Å². The van der Waals surface area contributed by atoms with E-state index in [1.165, 1.54) is 5.40 Å². The van der Waals surface area contributed by atoms with Crippen molar-refractivity contribution in [3.8, 4) is 5.40 Å². The van der Waals surface area contributed by atoms with Gasteiger partial charge in [0.25, 0.3) is 0 Å². The van der Waals surface area contributed by atoms with Gasteiger partial charge in [-0.1, -0.05) is 20.1 Å². The Balaban J connectivity index is -0.0000000200. The van der Waals surface area contributed by atoms with Crippen molar-refractivity contribution in [2.45, 2.75) is 7.43 Å². The lowest BCUT2D eigenvalue weighted by atomic mass is 11.8. The molecule has 0 aromatic carbocycles. The second-order valence-corrected chi connectivity index (χ2v) is 0.300. The predicted octanol–water partition coefficient (Wildman–Crippen LogP) is 1.20. The molecule has 0 aliphatic heterocycles. The lowest BCUT2D eigenvalue weighted by Gasteiger charge is -1.14. The van der Waals surface area contributed by atoms with E-state index in [4.69, 9.17) is 5.26 Å². The van der Waals surface area contributed by atoms with Gasteiger partial charge in [-0.15, -0.1) is 0 Å². The van der Waals surface area contributed by atoms with Gasteiger partial charge in [-0.2, -0.15) is 5.26 Å². The standard InChI is InChI=1S/CHNS.CH4.H3N/c2-1-3;;/h3H;1H4;1H3. The highest BCUT2D eigenvalue weighted by atomic mass is 32.1. The van der Waals surface area contributed by atoms with E-state index in [-0.39, 0.29) is 13.6 Å². The van der Waals surface area contributed by atoms with Crippen molar-refractivity contribution < 1.29 is 0 Å². The molecule has 0 aromatic rings. The maximum atomic E-state index is 7.18. The molecule has 0 aliphatic rings. The molecule has 0 aliphatic carbocycles. The summed E-state index contributed by atoms with van der Waals surface area (Å²) in [6.07, 6.45) is 0. The zero-order valence-corrected chi connectivity index (χ0v) is 3.00. The molecule has 5 heavy (non-hydrogen) atoms. The van der Waals surface area contributed by atoms with Crippen molar-refractivity contribution in [3.05, 3.63) is 0 Å². The van der Waals surface area contributed by atoms with Crippen LogP contribution in [0.5, 0.6) is 0 Å². The fourth-order valence-electron chi connectivity index (χ4n) is 0. The van der Waals surface area contributed by atoms with Gasteiger partial charge in [0.2, 0.25) is 0 Å². The average Bonchev–Trinajstić information content (AvgIpc) is 0.918. The van der Waals surface area contributed by atoms with Crippen molar-refractivity contribution in [1.29, 1.82) is 5.26 Å². The van der Waals surface area contributed by atoms with E-state index < -0.39 is 0 Å². The second kappa shape index (κ2) is 46.5. The highest BCUT2D eigenvalue weighted by molar-refractivity contribution is 7.85. The van der Waals surface area contributed by atoms with Crippen LogP contribution in [0, 0.1) is 10.7 Å². The Morgan fingerprint density at radius 2 is 1.60 bits per heavy atom. The molecular weight excluding hydrogens is 84.1 g/mol. The molecule has 0 atom stereocenters. The van der Waals surface area contributed by atoms with Crippen LogP contribution in [0.2, 0.25) is 0 Å². The van der Waals surface area contributed by atoms with E-state index in [0.717, 1.165) is 0 Å². The number of nitriles is 1. The number of hydrogen-bond donors (Lipinski definition) is 2. The van der Waals surface area contributed by atoms with Crippen LogP contribution in [0.3, 0.4) is 0 Å². The molecule has 0 unspecified atom stereocenters. The summed E-state index contributed by atoms with van der Waals surface area (Å²) in [5.41, 5.74) is 0. The molecule has 0 heterocycles. The van der Waals surface area contributed by atoms with Crippen molar-refractivity contribution in [2.24, 2.45) is 0 Å². The van der Waals surface area contributed by atoms with Crippen molar-refractivity contribution in [3.63, 3.8) is 0 Å². The van der Waals surface area contributed by atoms with E-state index in [1.807, 2.05) is 0 Å². The molecule has 2 nitrogen and oxygen atoms in total. The first-order valence-corrected chi connectivity index (χ1v) is 0.894. The Morgan fingerprint density at radius 1 is 1.60 bits per heavy atom. The summed E-state index contributed by atoms with van der Waals surface area (Å²) in [5, 5.41) is 8.63. The largest absolute Gasteiger partial charge is 0.344 e. The zero-order chi connectivity index (χ0) is 2.71. The van der Waals surface area contributed by atoms with Crippen molar-refractivity contribution >= 4 is 12.6 Å². The molecule has 0 bridgehead atoms. The summed E-state index contributed by atoms with van der Waals surface area (Å²) in [4.78, 5) is 0. The van der Waals surface area contributed by atoms with Crippen molar-refractivity contribution in [1.82, 2.24) is 6.15 Å². The number of hydrogen-bond acceptors (Lipinski definition) is 3. The molecule has 0 aromatic heterocycles. The van der Waals surface area contributed by atoms with Crippen LogP contribution in [-0.4, -0.2) is 0 Å². The van der Waals surface area contributed by atoms with Gasteiger partial charge in [0.05, 0.1) is 0 Å². The minimum Gasteiger partial charge on any atom is -0.344 e. The number of rotatable bonds is 0. The molecule has 0 fully saturated rings. The molecular formula is C2H8N2S. The molecule has 0 radical (unpaired) electrons. The average molecular weight is 92.2 g/mol. The Hall–Kier alpha value is -0.200. The van der Waals surface area contributed by atoms with Crippen LogP contribution in [0.25, 0.3) is 0 Å². The van der Waals surface area contributed by atoms with Crippen LogP contribution in [0.4, 0.5) is 0 Å². The maximum Gasteiger partial charge on any atom is 0.130 e. The monoisotopic (exact) mass is 92.0 g/mol. The molecule has 3 heteroatoms. The summed E-state index contributed by atoms with van der Waals surface area (Å²) in [5.74, 6) is 0. The summed E-state index contributed by atoms with van der Waals surface area (Å²) in [6.45, 7) is 0. The number of thiol groups is 1. The van der Waals surface area contributed by atoms with Crippen LogP contribution in [0.1, 0.15) is 7.43 Å². The summed E-state index contributed by atoms with van der Waals surface area (Å²) < 4.78 is 0. The third-order valence-electron chi connectivity index (χ3n) is 0. The first-order chi connectivity index (χ1) is 1.41. The van der Waals surface area contributed by atoms with Gasteiger partial charge >= 0.3 is 0 Å². The molecule has 0 spiro atoms. The van der Waals surface area contributed by atoms with E-state index in [9.17, 15) is 0 Å². The molecule has 32 valence electrons. The van der Waals surface area contributed by atoms with Crippen LogP contribution in [0.15, 0.2) is 0 Å². The quantitative estimate of drug-likeness (QED) is 0.348. The smallest absolute Gasteiger partial charge is 0.130 e. The van der Waals surface area contributed by atoms with Gasteiger partial charge in [0.1, 0.15) is 5.40 Å². The van der Waals surface area contributed by atoms with Crippen LogP contribution < -0.4 is 6.15 Å².